The zero-order valence-electron chi connectivity index (χ0n) is 10.6. The summed E-state index contributed by atoms with van der Waals surface area (Å²) in [4.78, 5) is 12.1. The predicted molar refractivity (Wildman–Crippen MR) is 83.9 cm³/mol. The molecule has 4 heteroatoms. The number of alkyl halides is 1. The summed E-state index contributed by atoms with van der Waals surface area (Å²) in [7, 11) is 0. The predicted octanol–water partition coefficient (Wildman–Crippen LogP) is 4.35. The first-order chi connectivity index (χ1) is 9.10. The summed E-state index contributed by atoms with van der Waals surface area (Å²) in [5, 5.41) is 5.11. The van der Waals surface area contributed by atoms with Crippen LogP contribution in [-0.2, 0) is 0 Å². The maximum absolute atomic E-state index is 12.1. The maximum Gasteiger partial charge on any atom is 0.251 e. The molecule has 0 heterocycles. The molecule has 0 saturated carbocycles. The second-order valence-electron chi connectivity index (χ2n) is 4.56. The Labute approximate surface area is 126 Å². The molecular formula is C15H15BrClNO. The molecule has 0 aliphatic rings. The minimum absolute atomic E-state index is 0.0533. The van der Waals surface area contributed by atoms with Crippen LogP contribution in [0.15, 0.2) is 40.9 Å². The Morgan fingerprint density at radius 1 is 1.26 bits per heavy atom. The lowest BCUT2D eigenvalue weighted by atomic mass is 10.1. The van der Waals surface area contributed by atoms with Gasteiger partial charge in [0.05, 0.1) is 0 Å². The lowest BCUT2D eigenvalue weighted by molar-refractivity contribution is 0.0939. The lowest BCUT2D eigenvalue weighted by Crippen LogP contribution is -2.32. The van der Waals surface area contributed by atoms with E-state index < -0.39 is 0 Å². The number of carbonyl (C=O) groups is 1. The van der Waals surface area contributed by atoms with Crippen LogP contribution in [0.25, 0.3) is 10.8 Å². The van der Waals surface area contributed by atoms with E-state index in [2.05, 4.69) is 21.2 Å². The standard InChI is InChI=1S/C15H15BrClNO/c1-10(6-7-17)18-15(19)13-3-2-12-9-14(16)5-4-11(12)8-13/h2-5,8-10H,6-7H2,1H3,(H,18,19). The first-order valence-electron chi connectivity index (χ1n) is 6.16. The minimum atomic E-state index is -0.0533. The molecule has 100 valence electrons. The van der Waals surface area contributed by atoms with Crippen LogP contribution in [0.2, 0.25) is 0 Å². The van der Waals surface area contributed by atoms with Crippen molar-refractivity contribution in [3.05, 3.63) is 46.4 Å². The van der Waals surface area contributed by atoms with E-state index in [9.17, 15) is 4.79 Å². The van der Waals surface area contributed by atoms with Crippen LogP contribution < -0.4 is 5.32 Å². The van der Waals surface area contributed by atoms with E-state index >= 15 is 0 Å². The van der Waals surface area contributed by atoms with Gasteiger partial charge in [0.1, 0.15) is 0 Å². The van der Waals surface area contributed by atoms with E-state index in [-0.39, 0.29) is 11.9 Å². The van der Waals surface area contributed by atoms with Crippen molar-refractivity contribution in [2.24, 2.45) is 0 Å². The number of hydrogen-bond donors (Lipinski definition) is 1. The molecule has 0 fully saturated rings. The van der Waals surface area contributed by atoms with Gasteiger partial charge in [0.25, 0.3) is 5.91 Å². The molecule has 0 aromatic heterocycles. The third-order valence-electron chi connectivity index (χ3n) is 2.98. The fourth-order valence-corrected chi connectivity index (χ4v) is 2.61. The molecule has 2 nitrogen and oxygen atoms in total. The van der Waals surface area contributed by atoms with Gasteiger partial charge in [-0.2, -0.15) is 0 Å². The first-order valence-corrected chi connectivity index (χ1v) is 7.49. The molecule has 0 aliphatic heterocycles. The fraction of sp³-hybridized carbons (Fsp3) is 0.267. The summed E-state index contributed by atoms with van der Waals surface area (Å²) in [6, 6.07) is 11.8. The van der Waals surface area contributed by atoms with Gasteiger partial charge in [0, 0.05) is 22.0 Å². The summed E-state index contributed by atoms with van der Waals surface area (Å²) >= 11 is 9.10. The van der Waals surface area contributed by atoms with Crippen LogP contribution in [0.5, 0.6) is 0 Å². The molecular weight excluding hydrogens is 326 g/mol. The Morgan fingerprint density at radius 2 is 1.95 bits per heavy atom. The molecule has 1 amide bonds. The van der Waals surface area contributed by atoms with Gasteiger partial charge in [0.15, 0.2) is 0 Å². The van der Waals surface area contributed by atoms with Crippen molar-refractivity contribution in [1.29, 1.82) is 0 Å². The van der Waals surface area contributed by atoms with Crippen LogP contribution in [-0.4, -0.2) is 17.8 Å². The number of halogens is 2. The average molecular weight is 341 g/mol. The van der Waals surface area contributed by atoms with Crippen molar-refractivity contribution in [2.75, 3.05) is 5.88 Å². The van der Waals surface area contributed by atoms with Crippen LogP contribution in [0.3, 0.4) is 0 Å². The highest BCUT2D eigenvalue weighted by Gasteiger charge is 2.09. The van der Waals surface area contributed by atoms with E-state index in [1.54, 1.807) is 0 Å². The maximum atomic E-state index is 12.1. The van der Waals surface area contributed by atoms with Gasteiger partial charge < -0.3 is 5.32 Å². The smallest absolute Gasteiger partial charge is 0.251 e. The van der Waals surface area contributed by atoms with Crippen LogP contribution >= 0.6 is 27.5 Å². The van der Waals surface area contributed by atoms with Gasteiger partial charge in [-0.25, -0.2) is 0 Å². The number of benzene rings is 2. The highest BCUT2D eigenvalue weighted by molar-refractivity contribution is 9.10. The number of hydrogen-bond acceptors (Lipinski definition) is 1. The molecule has 19 heavy (non-hydrogen) atoms. The quantitative estimate of drug-likeness (QED) is 0.824. The number of amides is 1. The summed E-state index contributed by atoms with van der Waals surface area (Å²) in [5.41, 5.74) is 0.677. The molecule has 2 aromatic carbocycles. The van der Waals surface area contributed by atoms with Gasteiger partial charge >= 0.3 is 0 Å². The molecule has 1 unspecified atom stereocenters. The second kappa shape index (κ2) is 6.40. The Kier molecular flexibility index (Phi) is 4.83. The van der Waals surface area contributed by atoms with E-state index in [0.717, 1.165) is 21.7 Å². The third kappa shape index (κ3) is 3.71. The number of carbonyl (C=O) groups excluding carboxylic acids is 1. The Morgan fingerprint density at radius 3 is 2.68 bits per heavy atom. The van der Waals surface area contributed by atoms with Gasteiger partial charge in [-0.3, -0.25) is 4.79 Å². The Bertz CT molecular complexity index is 600. The van der Waals surface area contributed by atoms with Crippen molar-refractivity contribution >= 4 is 44.2 Å². The zero-order valence-corrected chi connectivity index (χ0v) is 13.0. The van der Waals surface area contributed by atoms with Gasteiger partial charge in [0.2, 0.25) is 0 Å². The molecule has 0 saturated heterocycles. The Balaban J connectivity index is 2.21. The monoisotopic (exact) mass is 339 g/mol. The normalized spacial score (nSPS) is 12.4. The number of fused-ring (bicyclic) bond motifs is 1. The molecule has 2 aromatic rings. The van der Waals surface area contributed by atoms with Crippen LogP contribution in [0, 0.1) is 0 Å². The van der Waals surface area contributed by atoms with Crippen molar-refractivity contribution in [1.82, 2.24) is 5.32 Å². The highest BCUT2D eigenvalue weighted by Crippen LogP contribution is 2.21. The largest absolute Gasteiger partial charge is 0.350 e. The molecule has 1 N–H and O–H groups in total. The van der Waals surface area contributed by atoms with E-state index in [1.165, 1.54) is 0 Å². The molecule has 0 spiro atoms. The summed E-state index contributed by atoms with van der Waals surface area (Å²) < 4.78 is 1.04. The summed E-state index contributed by atoms with van der Waals surface area (Å²) in [6.07, 6.45) is 0.772. The lowest BCUT2D eigenvalue weighted by Gasteiger charge is -2.12. The van der Waals surface area contributed by atoms with Gasteiger partial charge in [-0.1, -0.05) is 28.1 Å². The fourth-order valence-electron chi connectivity index (χ4n) is 1.90. The number of nitrogens with one attached hydrogen (secondary N) is 1. The van der Waals surface area contributed by atoms with E-state index in [0.29, 0.717) is 11.4 Å². The zero-order chi connectivity index (χ0) is 13.8. The number of rotatable bonds is 4. The molecule has 0 aliphatic carbocycles. The third-order valence-corrected chi connectivity index (χ3v) is 3.70. The van der Waals surface area contributed by atoms with Crippen LogP contribution in [0.1, 0.15) is 23.7 Å². The van der Waals surface area contributed by atoms with Gasteiger partial charge in [-0.15, -0.1) is 11.6 Å². The Hall–Kier alpha value is -1.06. The molecule has 0 radical (unpaired) electrons. The molecule has 1 atom stereocenters. The minimum Gasteiger partial charge on any atom is -0.350 e. The van der Waals surface area contributed by atoms with Crippen LogP contribution in [0.4, 0.5) is 0 Å². The molecule has 2 rings (SSSR count). The topological polar surface area (TPSA) is 29.1 Å². The summed E-state index contributed by atoms with van der Waals surface area (Å²) in [5.74, 6) is 0.496. The summed E-state index contributed by atoms with van der Waals surface area (Å²) in [6.45, 7) is 1.96. The van der Waals surface area contributed by atoms with Crippen molar-refractivity contribution < 1.29 is 4.79 Å². The van der Waals surface area contributed by atoms with Gasteiger partial charge in [-0.05, 0) is 48.4 Å². The highest BCUT2D eigenvalue weighted by atomic mass is 79.9. The van der Waals surface area contributed by atoms with E-state index in [4.69, 9.17) is 11.6 Å². The first kappa shape index (κ1) is 14.4. The van der Waals surface area contributed by atoms with Crippen molar-refractivity contribution in [2.45, 2.75) is 19.4 Å². The SMILES string of the molecule is CC(CCCl)NC(=O)c1ccc2cc(Br)ccc2c1. The van der Waals surface area contributed by atoms with Crippen molar-refractivity contribution in [3.63, 3.8) is 0 Å². The average Bonchev–Trinajstić information content (AvgIpc) is 2.38. The molecule has 0 bridgehead atoms. The second-order valence-corrected chi connectivity index (χ2v) is 5.85. The van der Waals surface area contributed by atoms with Crippen molar-refractivity contribution in [3.8, 4) is 0 Å². The van der Waals surface area contributed by atoms with E-state index in [1.807, 2.05) is 43.3 Å².